The van der Waals surface area contributed by atoms with E-state index in [0.717, 1.165) is 37.6 Å². The number of thiocarbonyl (C=S) groups is 1. The van der Waals surface area contributed by atoms with Crippen LogP contribution in [0.1, 0.15) is 13.3 Å². The predicted octanol–water partition coefficient (Wildman–Crippen LogP) is 2.43. The Morgan fingerprint density at radius 1 is 1.32 bits per heavy atom. The Labute approximate surface area is 120 Å². The third-order valence-electron chi connectivity index (χ3n) is 2.71. The molecule has 1 aromatic rings. The van der Waals surface area contributed by atoms with E-state index in [2.05, 4.69) is 5.32 Å². The van der Waals surface area contributed by atoms with Gasteiger partial charge in [-0.3, -0.25) is 0 Å². The topological polar surface area (TPSA) is 33.7 Å². The maximum absolute atomic E-state index is 5.34. The van der Waals surface area contributed by atoms with E-state index in [4.69, 9.17) is 21.7 Å². The Morgan fingerprint density at radius 3 is 2.58 bits per heavy atom. The van der Waals surface area contributed by atoms with Gasteiger partial charge in [0.05, 0.1) is 7.11 Å². The molecule has 5 heteroatoms. The van der Waals surface area contributed by atoms with Crippen LogP contribution in [0.4, 0.5) is 5.69 Å². The molecule has 0 unspecified atom stereocenters. The third-order valence-corrected chi connectivity index (χ3v) is 3.13. The summed E-state index contributed by atoms with van der Waals surface area (Å²) in [7, 11) is 3.60. The SMILES string of the molecule is CCOCCCNC(=S)N(C)c1ccc(OC)cc1. The summed E-state index contributed by atoms with van der Waals surface area (Å²) >= 11 is 5.34. The van der Waals surface area contributed by atoms with Crippen LogP contribution in [0.2, 0.25) is 0 Å². The predicted molar refractivity (Wildman–Crippen MR) is 83.1 cm³/mol. The molecule has 0 aliphatic carbocycles. The van der Waals surface area contributed by atoms with Crippen molar-refractivity contribution in [2.45, 2.75) is 13.3 Å². The van der Waals surface area contributed by atoms with Crippen molar-refractivity contribution in [3.05, 3.63) is 24.3 Å². The quantitative estimate of drug-likeness (QED) is 0.613. The summed E-state index contributed by atoms with van der Waals surface area (Å²) in [6.45, 7) is 4.34. The molecule has 4 nitrogen and oxygen atoms in total. The lowest BCUT2D eigenvalue weighted by Crippen LogP contribution is -2.37. The maximum atomic E-state index is 5.34. The molecular weight excluding hydrogens is 260 g/mol. The van der Waals surface area contributed by atoms with Crippen molar-refractivity contribution in [1.82, 2.24) is 5.32 Å². The number of nitrogens with one attached hydrogen (secondary N) is 1. The fourth-order valence-corrected chi connectivity index (χ4v) is 1.76. The van der Waals surface area contributed by atoms with Gasteiger partial charge in [-0.1, -0.05) is 0 Å². The lowest BCUT2D eigenvalue weighted by atomic mass is 10.3. The summed E-state index contributed by atoms with van der Waals surface area (Å²) in [6.07, 6.45) is 0.949. The van der Waals surface area contributed by atoms with E-state index in [9.17, 15) is 0 Å². The molecule has 106 valence electrons. The van der Waals surface area contributed by atoms with Crippen LogP contribution in [0.25, 0.3) is 0 Å². The van der Waals surface area contributed by atoms with Crippen molar-refractivity contribution in [3.8, 4) is 5.75 Å². The van der Waals surface area contributed by atoms with Crippen LogP contribution in [0.3, 0.4) is 0 Å². The molecule has 19 heavy (non-hydrogen) atoms. The van der Waals surface area contributed by atoms with Crippen LogP contribution < -0.4 is 15.0 Å². The van der Waals surface area contributed by atoms with Crippen LogP contribution in [0, 0.1) is 0 Å². The van der Waals surface area contributed by atoms with E-state index in [1.807, 2.05) is 43.1 Å². The van der Waals surface area contributed by atoms with Gasteiger partial charge in [0, 0.05) is 32.5 Å². The number of rotatable bonds is 7. The van der Waals surface area contributed by atoms with Gasteiger partial charge < -0.3 is 19.7 Å². The number of hydrogen-bond acceptors (Lipinski definition) is 3. The summed E-state index contributed by atoms with van der Waals surface area (Å²) in [5.74, 6) is 0.841. The standard InChI is InChI=1S/C14H22N2O2S/c1-4-18-11-5-10-15-14(19)16(2)12-6-8-13(17-3)9-7-12/h6-9H,4-5,10-11H2,1-3H3,(H,15,19). The minimum Gasteiger partial charge on any atom is -0.497 e. The Morgan fingerprint density at radius 2 is 2.00 bits per heavy atom. The Bertz CT molecular complexity index is 382. The van der Waals surface area contributed by atoms with Crippen molar-refractivity contribution in [1.29, 1.82) is 0 Å². The van der Waals surface area contributed by atoms with E-state index in [1.54, 1.807) is 7.11 Å². The van der Waals surface area contributed by atoms with Crippen LogP contribution in [0.15, 0.2) is 24.3 Å². The van der Waals surface area contributed by atoms with E-state index >= 15 is 0 Å². The Balaban J connectivity index is 2.38. The highest BCUT2D eigenvalue weighted by molar-refractivity contribution is 7.80. The summed E-state index contributed by atoms with van der Waals surface area (Å²) in [4.78, 5) is 1.94. The van der Waals surface area contributed by atoms with Crippen LogP contribution in [-0.2, 0) is 4.74 Å². The summed E-state index contributed by atoms with van der Waals surface area (Å²) in [5, 5.41) is 3.92. The first kappa shape index (κ1) is 15.7. The van der Waals surface area contributed by atoms with Crippen molar-refractivity contribution in [3.63, 3.8) is 0 Å². The van der Waals surface area contributed by atoms with Gasteiger partial charge in [0.1, 0.15) is 5.75 Å². The molecule has 0 saturated carbocycles. The Hall–Kier alpha value is -1.33. The molecule has 0 aliphatic heterocycles. The van der Waals surface area contributed by atoms with Crippen molar-refractivity contribution >= 4 is 23.0 Å². The second-order valence-electron chi connectivity index (χ2n) is 4.04. The minimum absolute atomic E-state index is 0.710. The van der Waals surface area contributed by atoms with Crippen LogP contribution in [-0.4, -0.2) is 39.0 Å². The molecule has 0 fully saturated rings. The molecule has 1 N–H and O–H groups in total. The molecule has 1 aromatic carbocycles. The smallest absolute Gasteiger partial charge is 0.173 e. The number of nitrogens with zero attached hydrogens (tertiary/aromatic N) is 1. The summed E-state index contributed by atoms with van der Waals surface area (Å²) in [6, 6.07) is 7.80. The highest BCUT2D eigenvalue weighted by Crippen LogP contribution is 2.18. The minimum atomic E-state index is 0.710. The average Bonchev–Trinajstić information content (AvgIpc) is 2.46. The van der Waals surface area contributed by atoms with Crippen molar-refractivity contribution in [2.75, 3.05) is 38.8 Å². The normalized spacial score (nSPS) is 10.1. The zero-order chi connectivity index (χ0) is 14.1. The summed E-state index contributed by atoms with van der Waals surface area (Å²) in [5.41, 5.74) is 1.03. The number of benzene rings is 1. The molecule has 0 spiro atoms. The second kappa shape index (κ2) is 8.72. The molecule has 0 atom stereocenters. The summed E-state index contributed by atoms with van der Waals surface area (Å²) < 4.78 is 10.4. The largest absolute Gasteiger partial charge is 0.497 e. The molecule has 0 radical (unpaired) electrons. The first-order valence-corrected chi connectivity index (χ1v) is 6.83. The molecular formula is C14H22N2O2S. The Kier molecular flexibility index (Phi) is 7.22. The molecule has 0 aromatic heterocycles. The zero-order valence-corrected chi connectivity index (χ0v) is 12.6. The van der Waals surface area contributed by atoms with Crippen LogP contribution >= 0.6 is 12.2 Å². The van der Waals surface area contributed by atoms with Gasteiger partial charge in [0.25, 0.3) is 0 Å². The zero-order valence-electron chi connectivity index (χ0n) is 11.8. The number of ether oxygens (including phenoxy) is 2. The molecule has 1 rings (SSSR count). The fourth-order valence-electron chi connectivity index (χ4n) is 1.56. The molecule has 0 heterocycles. The van der Waals surface area contributed by atoms with Gasteiger partial charge in [0.15, 0.2) is 5.11 Å². The molecule has 0 saturated heterocycles. The molecule has 0 aliphatic rings. The van der Waals surface area contributed by atoms with Gasteiger partial charge in [-0.05, 0) is 49.8 Å². The maximum Gasteiger partial charge on any atom is 0.173 e. The van der Waals surface area contributed by atoms with E-state index in [0.29, 0.717) is 5.11 Å². The highest BCUT2D eigenvalue weighted by atomic mass is 32.1. The van der Waals surface area contributed by atoms with Crippen molar-refractivity contribution < 1.29 is 9.47 Å². The fraction of sp³-hybridized carbons (Fsp3) is 0.500. The number of hydrogen-bond donors (Lipinski definition) is 1. The third kappa shape index (κ3) is 5.44. The van der Waals surface area contributed by atoms with E-state index in [1.165, 1.54) is 0 Å². The van der Waals surface area contributed by atoms with Gasteiger partial charge in [-0.25, -0.2) is 0 Å². The van der Waals surface area contributed by atoms with Gasteiger partial charge in [-0.2, -0.15) is 0 Å². The monoisotopic (exact) mass is 282 g/mol. The lowest BCUT2D eigenvalue weighted by molar-refractivity contribution is 0.146. The lowest BCUT2D eigenvalue weighted by Gasteiger charge is -2.21. The van der Waals surface area contributed by atoms with E-state index in [-0.39, 0.29) is 0 Å². The molecule has 0 bridgehead atoms. The van der Waals surface area contributed by atoms with Crippen LogP contribution in [0.5, 0.6) is 5.75 Å². The van der Waals surface area contributed by atoms with Gasteiger partial charge in [0.2, 0.25) is 0 Å². The average molecular weight is 282 g/mol. The van der Waals surface area contributed by atoms with Crippen molar-refractivity contribution in [2.24, 2.45) is 0 Å². The number of anilines is 1. The van der Waals surface area contributed by atoms with E-state index < -0.39 is 0 Å². The first-order valence-electron chi connectivity index (χ1n) is 6.42. The first-order chi connectivity index (χ1) is 9.19. The molecule has 0 amide bonds. The van der Waals surface area contributed by atoms with Gasteiger partial charge >= 0.3 is 0 Å². The highest BCUT2D eigenvalue weighted by Gasteiger charge is 2.06. The van der Waals surface area contributed by atoms with Gasteiger partial charge in [-0.15, -0.1) is 0 Å². The number of methoxy groups -OCH3 is 1. The second-order valence-corrected chi connectivity index (χ2v) is 4.43.